The molecule has 0 saturated carbocycles. The first kappa shape index (κ1) is 16.0. The van der Waals surface area contributed by atoms with Crippen LogP contribution >= 0.6 is 0 Å². The van der Waals surface area contributed by atoms with Gasteiger partial charge in [0, 0.05) is 13.1 Å². The van der Waals surface area contributed by atoms with Crippen LogP contribution in [0.25, 0.3) is 0 Å². The Balaban J connectivity index is 2.04. The molecule has 1 heterocycles. The Kier molecular flexibility index (Phi) is 4.99. The SMILES string of the molecule is COc1cc(CNCC(C)(C)C(C)C)cc2c1OCCO2. The molecule has 1 aromatic rings. The lowest BCUT2D eigenvalue weighted by atomic mass is 9.81. The molecule has 0 amide bonds. The molecule has 0 aromatic heterocycles. The Hall–Kier alpha value is -1.42. The highest BCUT2D eigenvalue weighted by atomic mass is 16.6. The monoisotopic (exact) mass is 293 g/mol. The summed E-state index contributed by atoms with van der Waals surface area (Å²) in [6.45, 7) is 12.0. The number of rotatable bonds is 6. The molecule has 4 nitrogen and oxygen atoms in total. The summed E-state index contributed by atoms with van der Waals surface area (Å²) in [6, 6.07) is 4.05. The number of ether oxygens (including phenoxy) is 3. The van der Waals surface area contributed by atoms with Crippen molar-refractivity contribution in [2.45, 2.75) is 34.2 Å². The predicted octanol–water partition coefficient (Wildman–Crippen LogP) is 3.24. The maximum atomic E-state index is 5.66. The van der Waals surface area contributed by atoms with Crippen LogP contribution in [0.3, 0.4) is 0 Å². The van der Waals surface area contributed by atoms with Gasteiger partial charge in [0.1, 0.15) is 13.2 Å². The number of methoxy groups -OCH3 is 1. The number of nitrogens with one attached hydrogen (secondary N) is 1. The Labute approximate surface area is 127 Å². The van der Waals surface area contributed by atoms with Crippen LogP contribution in [0.1, 0.15) is 33.3 Å². The molecular weight excluding hydrogens is 266 g/mol. The molecule has 1 aliphatic heterocycles. The first-order chi connectivity index (χ1) is 9.94. The van der Waals surface area contributed by atoms with Gasteiger partial charge in [-0.3, -0.25) is 0 Å². The van der Waals surface area contributed by atoms with Crippen LogP contribution in [0.5, 0.6) is 17.2 Å². The standard InChI is InChI=1S/C17H27NO3/c1-12(2)17(3,4)11-18-10-13-8-14(19-5)16-15(9-13)20-6-7-21-16/h8-9,12,18H,6-7,10-11H2,1-5H3. The van der Waals surface area contributed by atoms with Gasteiger partial charge in [-0.15, -0.1) is 0 Å². The first-order valence-electron chi connectivity index (χ1n) is 7.61. The van der Waals surface area contributed by atoms with Gasteiger partial charge in [-0.25, -0.2) is 0 Å². The minimum Gasteiger partial charge on any atom is -0.493 e. The average Bonchev–Trinajstić information content (AvgIpc) is 2.46. The van der Waals surface area contributed by atoms with Crippen molar-refractivity contribution >= 4 is 0 Å². The van der Waals surface area contributed by atoms with Crippen molar-refractivity contribution in [3.05, 3.63) is 17.7 Å². The summed E-state index contributed by atoms with van der Waals surface area (Å²) in [5, 5.41) is 3.53. The second-order valence-electron chi connectivity index (χ2n) is 6.57. The average molecular weight is 293 g/mol. The number of hydrogen-bond donors (Lipinski definition) is 1. The summed E-state index contributed by atoms with van der Waals surface area (Å²) < 4.78 is 16.7. The molecular formula is C17H27NO3. The third kappa shape index (κ3) is 3.82. The van der Waals surface area contributed by atoms with Crippen molar-refractivity contribution in [1.82, 2.24) is 5.32 Å². The van der Waals surface area contributed by atoms with Crippen LogP contribution in [0.4, 0.5) is 0 Å². The topological polar surface area (TPSA) is 39.7 Å². The van der Waals surface area contributed by atoms with Gasteiger partial charge in [0.05, 0.1) is 7.11 Å². The van der Waals surface area contributed by atoms with Gasteiger partial charge in [0.2, 0.25) is 5.75 Å². The van der Waals surface area contributed by atoms with Crippen molar-refractivity contribution in [3.8, 4) is 17.2 Å². The molecule has 1 N–H and O–H groups in total. The van der Waals surface area contributed by atoms with Gasteiger partial charge < -0.3 is 19.5 Å². The van der Waals surface area contributed by atoms with E-state index in [1.165, 1.54) is 0 Å². The summed E-state index contributed by atoms with van der Waals surface area (Å²) in [6.07, 6.45) is 0. The maximum absolute atomic E-state index is 5.66. The van der Waals surface area contributed by atoms with E-state index in [-0.39, 0.29) is 5.41 Å². The van der Waals surface area contributed by atoms with Gasteiger partial charge >= 0.3 is 0 Å². The van der Waals surface area contributed by atoms with Gasteiger partial charge in [-0.2, -0.15) is 0 Å². The second-order valence-corrected chi connectivity index (χ2v) is 6.57. The molecule has 118 valence electrons. The van der Waals surface area contributed by atoms with E-state index in [0.717, 1.165) is 35.9 Å². The number of benzene rings is 1. The summed E-state index contributed by atoms with van der Waals surface area (Å²) in [7, 11) is 1.66. The van der Waals surface area contributed by atoms with Crippen molar-refractivity contribution < 1.29 is 14.2 Å². The summed E-state index contributed by atoms with van der Waals surface area (Å²) >= 11 is 0. The Bertz CT molecular complexity index is 466. The fourth-order valence-electron chi connectivity index (χ4n) is 2.16. The van der Waals surface area contributed by atoms with Crippen LogP contribution in [-0.4, -0.2) is 26.9 Å². The van der Waals surface area contributed by atoms with E-state index in [9.17, 15) is 0 Å². The second kappa shape index (κ2) is 6.56. The van der Waals surface area contributed by atoms with Crippen LogP contribution in [0.2, 0.25) is 0 Å². The molecule has 0 unspecified atom stereocenters. The third-order valence-corrected chi connectivity index (χ3v) is 4.36. The molecule has 1 aliphatic rings. The molecule has 0 fully saturated rings. The molecule has 0 spiro atoms. The molecule has 0 aliphatic carbocycles. The quantitative estimate of drug-likeness (QED) is 0.874. The highest BCUT2D eigenvalue weighted by Gasteiger charge is 2.22. The van der Waals surface area contributed by atoms with Gasteiger partial charge in [-0.05, 0) is 29.0 Å². The van der Waals surface area contributed by atoms with Gasteiger partial charge in [0.25, 0.3) is 0 Å². The number of fused-ring (bicyclic) bond motifs is 1. The molecule has 0 bridgehead atoms. The fourth-order valence-corrected chi connectivity index (χ4v) is 2.16. The van der Waals surface area contributed by atoms with Crippen LogP contribution in [-0.2, 0) is 6.54 Å². The minimum atomic E-state index is 0.276. The zero-order chi connectivity index (χ0) is 15.5. The van der Waals surface area contributed by atoms with E-state index < -0.39 is 0 Å². The minimum absolute atomic E-state index is 0.276. The maximum Gasteiger partial charge on any atom is 0.203 e. The Morgan fingerprint density at radius 2 is 1.95 bits per heavy atom. The van der Waals surface area contributed by atoms with E-state index in [4.69, 9.17) is 14.2 Å². The van der Waals surface area contributed by atoms with Crippen molar-refractivity contribution in [1.29, 1.82) is 0 Å². The van der Waals surface area contributed by atoms with Crippen molar-refractivity contribution in [2.24, 2.45) is 11.3 Å². The molecule has 21 heavy (non-hydrogen) atoms. The largest absolute Gasteiger partial charge is 0.493 e. The number of hydrogen-bond acceptors (Lipinski definition) is 4. The Morgan fingerprint density at radius 3 is 2.62 bits per heavy atom. The van der Waals surface area contributed by atoms with Crippen LogP contribution in [0.15, 0.2) is 12.1 Å². The summed E-state index contributed by atoms with van der Waals surface area (Å²) in [4.78, 5) is 0. The van der Waals surface area contributed by atoms with E-state index in [0.29, 0.717) is 19.1 Å². The molecule has 4 heteroatoms. The van der Waals surface area contributed by atoms with Gasteiger partial charge in [-0.1, -0.05) is 27.7 Å². The third-order valence-electron chi connectivity index (χ3n) is 4.36. The molecule has 0 radical (unpaired) electrons. The fraction of sp³-hybridized carbons (Fsp3) is 0.647. The lowest BCUT2D eigenvalue weighted by molar-refractivity contribution is 0.165. The summed E-state index contributed by atoms with van der Waals surface area (Å²) in [5.41, 5.74) is 1.42. The highest BCUT2D eigenvalue weighted by molar-refractivity contribution is 5.54. The van der Waals surface area contributed by atoms with Crippen LogP contribution in [0, 0.1) is 11.3 Å². The van der Waals surface area contributed by atoms with E-state index >= 15 is 0 Å². The van der Waals surface area contributed by atoms with E-state index in [1.54, 1.807) is 7.11 Å². The summed E-state index contributed by atoms with van der Waals surface area (Å²) in [5.74, 6) is 2.88. The van der Waals surface area contributed by atoms with Crippen molar-refractivity contribution in [3.63, 3.8) is 0 Å². The highest BCUT2D eigenvalue weighted by Crippen LogP contribution is 2.40. The molecule has 2 rings (SSSR count). The zero-order valence-corrected chi connectivity index (χ0v) is 13.8. The molecule has 0 atom stereocenters. The van der Waals surface area contributed by atoms with E-state index in [1.807, 2.05) is 12.1 Å². The van der Waals surface area contributed by atoms with Gasteiger partial charge in [0.15, 0.2) is 11.5 Å². The molecule has 1 aromatic carbocycles. The Morgan fingerprint density at radius 1 is 1.24 bits per heavy atom. The smallest absolute Gasteiger partial charge is 0.203 e. The lowest BCUT2D eigenvalue weighted by Gasteiger charge is -2.29. The zero-order valence-electron chi connectivity index (χ0n) is 13.8. The first-order valence-corrected chi connectivity index (χ1v) is 7.61. The van der Waals surface area contributed by atoms with Crippen LogP contribution < -0.4 is 19.5 Å². The predicted molar refractivity (Wildman–Crippen MR) is 84.3 cm³/mol. The lowest BCUT2D eigenvalue weighted by Crippen LogP contribution is -2.33. The van der Waals surface area contributed by atoms with E-state index in [2.05, 4.69) is 33.0 Å². The normalized spacial score (nSPS) is 14.4. The van der Waals surface area contributed by atoms with Crippen molar-refractivity contribution in [2.75, 3.05) is 26.9 Å². The molecule has 0 saturated heterocycles.